The second-order valence-corrected chi connectivity index (χ2v) is 6.40. The topological polar surface area (TPSA) is 64.6 Å². The third kappa shape index (κ3) is 4.99. The van der Waals surface area contributed by atoms with Gasteiger partial charge in [-0.05, 0) is 42.8 Å². The summed E-state index contributed by atoms with van der Waals surface area (Å²) in [5.41, 5.74) is 1.89. The molecule has 3 rings (SSSR count). The van der Waals surface area contributed by atoms with Crippen LogP contribution in [0.1, 0.15) is 27.6 Å². The first-order valence-electron chi connectivity index (χ1n) is 8.95. The van der Waals surface area contributed by atoms with Crippen LogP contribution >= 0.6 is 0 Å². The molecule has 0 saturated heterocycles. The minimum Gasteiger partial charge on any atom is -0.495 e. The van der Waals surface area contributed by atoms with Gasteiger partial charge in [0.15, 0.2) is 0 Å². The van der Waals surface area contributed by atoms with Crippen LogP contribution in [0.5, 0.6) is 5.75 Å². The average Bonchev–Trinajstić information content (AvgIpc) is 2.72. The predicted molar refractivity (Wildman–Crippen MR) is 107 cm³/mol. The van der Waals surface area contributed by atoms with Gasteiger partial charge in [-0.2, -0.15) is 0 Å². The van der Waals surface area contributed by atoms with Gasteiger partial charge in [-0.3, -0.25) is 4.79 Å². The number of ether oxygens (including phenoxy) is 2. The standard InChI is InChI=1S/C23H20FNO4/c1-15-11-12-20(28-2)19(13-15)25-22(26)21(16-7-4-3-5-8-16)29-23(27)17-9-6-10-18(24)14-17/h3-14,21H,1-2H3,(H,25,26). The molecule has 1 unspecified atom stereocenters. The number of rotatable bonds is 6. The van der Waals surface area contributed by atoms with Crippen LogP contribution in [-0.4, -0.2) is 19.0 Å². The molecule has 148 valence electrons. The van der Waals surface area contributed by atoms with Crippen molar-refractivity contribution in [2.24, 2.45) is 0 Å². The molecule has 0 aliphatic heterocycles. The van der Waals surface area contributed by atoms with E-state index in [0.717, 1.165) is 11.6 Å². The summed E-state index contributed by atoms with van der Waals surface area (Å²) in [4.78, 5) is 25.5. The first-order chi connectivity index (χ1) is 14.0. The molecule has 3 aromatic carbocycles. The van der Waals surface area contributed by atoms with Crippen LogP contribution in [0.2, 0.25) is 0 Å². The van der Waals surface area contributed by atoms with Crippen LogP contribution in [0.3, 0.4) is 0 Å². The number of benzene rings is 3. The summed E-state index contributed by atoms with van der Waals surface area (Å²) >= 11 is 0. The van der Waals surface area contributed by atoms with Crippen molar-refractivity contribution in [2.75, 3.05) is 12.4 Å². The number of methoxy groups -OCH3 is 1. The minimum absolute atomic E-state index is 0.0202. The Morgan fingerprint density at radius 3 is 2.41 bits per heavy atom. The quantitative estimate of drug-likeness (QED) is 0.618. The molecule has 0 radical (unpaired) electrons. The molecule has 0 heterocycles. The molecule has 1 amide bonds. The van der Waals surface area contributed by atoms with Gasteiger partial charge in [0.05, 0.1) is 18.4 Å². The van der Waals surface area contributed by atoms with Gasteiger partial charge >= 0.3 is 5.97 Å². The minimum atomic E-state index is -1.22. The van der Waals surface area contributed by atoms with Crippen molar-refractivity contribution in [3.8, 4) is 5.75 Å². The van der Waals surface area contributed by atoms with Crippen molar-refractivity contribution >= 4 is 17.6 Å². The monoisotopic (exact) mass is 393 g/mol. The zero-order chi connectivity index (χ0) is 20.8. The van der Waals surface area contributed by atoms with Crippen LogP contribution < -0.4 is 10.1 Å². The van der Waals surface area contributed by atoms with Gasteiger partial charge in [0.1, 0.15) is 11.6 Å². The summed E-state index contributed by atoms with van der Waals surface area (Å²) in [5.74, 6) is -1.44. The van der Waals surface area contributed by atoms with Crippen molar-refractivity contribution in [3.05, 3.63) is 95.3 Å². The fourth-order valence-electron chi connectivity index (χ4n) is 2.81. The Balaban J connectivity index is 1.89. The zero-order valence-electron chi connectivity index (χ0n) is 16.0. The van der Waals surface area contributed by atoms with Crippen molar-refractivity contribution in [1.82, 2.24) is 0 Å². The summed E-state index contributed by atoms with van der Waals surface area (Å²) in [5, 5.41) is 2.75. The zero-order valence-corrected chi connectivity index (χ0v) is 16.0. The third-order valence-electron chi connectivity index (χ3n) is 4.24. The van der Waals surface area contributed by atoms with Crippen LogP contribution in [0.4, 0.5) is 10.1 Å². The highest BCUT2D eigenvalue weighted by atomic mass is 19.1. The molecule has 0 spiro atoms. The molecule has 5 nitrogen and oxygen atoms in total. The summed E-state index contributed by atoms with van der Waals surface area (Å²) < 4.78 is 24.2. The summed E-state index contributed by atoms with van der Waals surface area (Å²) in [6.45, 7) is 1.88. The van der Waals surface area contributed by atoms with E-state index in [2.05, 4.69) is 5.32 Å². The molecule has 0 fully saturated rings. The number of aryl methyl sites for hydroxylation is 1. The first kappa shape index (κ1) is 20.1. The maximum absolute atomic E-state index is 13.5. The van der Waals surface area contributed by atoms with Crippen molar-refractivity contribution < 1.29 is 23.5 Å². The second-order valence-electron chi connectivity index (χ2n) is 6.40. The van der Waals surface area contributed by atoms with Gasteiger partial charge in [0.25, 0.3) is 5.91 Å². The molecular formula is C23H20FNO4. The second kappa shape index (κ2) is 9.01. The lowest BCUT2D eigenvalue weighted by molar-refractivity contribution is -0.125. The lowest BCUT2D eigenvalue weighted by Gasteiger charge is -2.19. The van der Waals surface area contributed by atoms with E-state index >= 15 is 0 Å². The van der Waals surface area contributed by atoms with E-state index in [1.807, 2.05) is 13.0 Å². The lowest BCUT2D eigenvalue weighted by Crippen LogP contribution is -2.26. The van der Waals surface area contributed by atoms with Crippen LogP contribution in [0.15, 0.2) is 72.8 Å². The highest BCUT2D eigenvalue weighted by Crippen LogP contribution is 2.28. The van der Waals surface area contributed by atoms with E-state index in [9.17, 15) is 14.0 Å². The number of carbonyl (C=O) groups is 2. The number of anilines is 1. The number of halogens is 1. The third-order valence-corrected chi connectivity index (χ3v) is 4.24. The molecule has 6 heteroatoms. The van der Waals surface area contributed by atoms with Gasteiger partial charge in [0.2, 0.25) is 6.10 Å². The van der Waals surface area contributed by atoms with Gasteiger partial charge in [-0.15, -0.1) is 0 Å². The molecule has 1 N–H and O–H groups in total. The lowest BCUT2D eigenvalue weighted by atomic mass is 10.1. The first-order valence-corrected chi connectivity index (χ1v) is 8.95. The van der Waals surface area contributed by atoms with Gasteiger partial charge in [0, 0.05) is 5.56 Å². The largest absolute Gasteiger partial charge is 0.495 e. The molecule has 0 aromatic heterocycles. The van der Waals surface area contributed by atoms with E-state index in [0.29, 0.717) is 17.0 Å². The van der Waals surface area contributed by atoms with Crippen molar-refractivity contribution in [3.63, 3.8) is 0 Å². The highest BCUT2D eigenvalue weighted by molar-refractivity contribution is 5.99. The van der Waals surface area contributed by atoms with E-state index in [1.54, 1.807) is 42.5 Å². The average molecular weight is 393 g/mol. The van der Waals surface area contributed by atoms with Gasteiger partial charge in [-0.25, -0.2) is 9.18 Å². The summed E-state index contributed by atoms with van der Waals surface area (Å²) in [6.07, 6.45) is -1.22. The molecule has 0 bridgehead atoms. The molecule has 1 atom stereocenters. The van der Waals surface area contributed by atoms with Crippen molar-refractivity contribution in [1.29, 1.82) is 0 Å². The number of esters is 1. The number of carbonyl (C=O) groups excluding carboxylic acids is 2. The maximum atomic E-state index is 13.5. The van der Waals surface area contributed by atoms with Crippen LogP contribution in [-0.2, 0) is 9.53 Å². The van der Waals surface area contributed by atoms with E-state index in [4.69, 9.17) is 9.47 Å². The van der Waals surface area contributed by atoms with Crippen molar-refractivity contribution in [2.45, 2.75) is 13.0 Å². The Kier molecular flexibility index (Phi) is 6.24. The van der Waals surface area contributed by atoms with E-state index in [-0.39, 0.29) is 5.56 Å². The molecule has 3 aromatic rings. The van der Waals surface area contributed by atoms with Crippen LogP contribution in [0, 0.1) is 12.7 Å². The molecule has 0 aliphatic rings. The molecule has 0 saturated carbocycles. The maximum Gasteiger partial charge on any atom is 0.339 e. The van der Waals surface area contributed by atoms with E-state index < -0.39 is 23.8 Å². The Morgan fingerprint density at radius 1 is 0.966 bits per heavy atom. The number of hydrogen-bond acceptors (Lipinski definition) is 4. The predicted octanol–water partition coefficient (Wildman–Crippen LogP) is 4.68. The Labute approximate surface area is 168 Å². The number of hydrogen-bond donors (Lipinski definition) is 1. The molecular weight excluding hydrogens is 373 g/mol. The molecule has 29 heavy (non-hydrogen) atoms. The smallest absolute Gasteiger partial charge is 0.339 e. The van der Waals surface area contributed by atoms with Crippen LogP contribution in [0.25, 0.3) is 0 Å². The normalized spacial score (nSPS) is 11.4. The Bertz CT molecular complexity index is 1020. The Hall–Kier alpha value is -3.67. The highest BCUT2D eigenvalue weighted by Gasteiger charge is 2.26. The number of nitrogens with one attached hydrogen (secondary N) is 1. The fourth-order valence-corrected chi connectivity index (χ4v) is 2.81. The van der Waals surface area contributed by atoms with Gasteiger partial charge < -0.3 is 14.8 Å². The summed E-state index contributed by atoms with van der Waals surface area (Å²) in [6, 6.07) is 19.1. The fraction of sp³-hybridized carbons (Fsp3) is 0.130. The Morgan fingerprint density at radius 2 is 1.72 bits per heavy atom. The molecule has 0 aliphatic carbocycles. The SMILES string of the molecule is COc1ccc(C)cc1NC(=O)C(OC(=O)c1cccc(F)c1)c1ccccc1. The van der Waals surface area contributed by atoms with Gasteiger partial charge in [-0.1, -0.05) is 42.5 Å². The number of amides is 1. The van der Waals surface area contributed by atoms with E-state index in [1.165, 1.54) is 25.3 Å². The summed E-state index contributed by atoms with van der Waals surface area (Å²) in [7, 11) is 1.50.